The number of rotatable bonds is 4. The molecule has 0 aliphatic carbocycles. The van der Waals surface area contributed by atoms with E-state index in [1.165, 1.54) is 0 Å². The molecule has 0 saturated carbocycles. The minimum absolute atomic E-state index is 0. The summed E-state index contributed by atoms with van der Waals surface area (Å²) in [6, 6.07) is -1.49. The Hall–Kier alpha value is 1.64. The zero-order chi connectivity index (χ0) is 9.12. The molecule has 0 atom stereocenters. The van der Waals surface area contributed by atoms with Crippen LogP contribution in [0, 0.1) is 0 Å². The van der Waals surface area contributed by atoms with Gasteiger partial charge in [-0.2, -0.15) is 0 Å². The number of hydrogen-bond acceptors (Lipinski definition) is 3. The van der Waals surface area contributed by atoms with E-state index in [0.29, 0.717) is 0 Å². The van der Waals surface area contributed by atoms with E-state index >= 15 is 0 Å². The first kappa shape index (κ1) is 16.1. The summed E-state index contributed by atoms with van der Waals surface area (Å²) in [6.45, 7) is -5.12. The van der Waals surface area contributed by atoms with Crippen LogP contribution in [0.5, 0.6) is 0 Å². The fourth-order valence-corrected chi connectivity index (χ4v) is 1.43. The second kappa shape index (κ2) is 6.19. The zero-order valence-corrected chi connectivity index (χ0v) is 11.1. The van der Waals surface area contributed by atoms with Gasteiger partial charge in [-0.15, -0.1) is 0 Å². The summed E-state index contributed by atoms with van der Waals surface area (Å²) < 4.78 is 54.0. The third-order valence-corrected chi connectivity index (χ3v) is 2.96. The van der Waals surface area contributed by atoms with Crippen molar-refractivity contribution in [3.05, 3.63) is 0 Å². The standard InChI is InChI=1S/C3H8BF3O3P.K/c1-9-11(8,10-2)3-4(5,6)7;/h3H2,1-2H3;/q-1;+1. The molecule has 0 spiro atoms. The van der Waals surface area contributed by atoms with Gasteiger partial charge in [-0.1, -0.05) is 0 Å². The molecule has 3 nitrogen and oxygen atoms in total. The van der Waals surface area contributed by atoms with Gasteiger partial charge in [-0.3, -0.25) is 4.57 Å². The van der Waals surface area contributed by atoms with Gasteiger partial charge in [0.05, 0.1) is 0 Å². The van der Waals surface area contributed by atoms with Crippen molar-refractivity contribution in [2.24, 2.45) is 0 Å². The molecule has 68 valence electrons. The second-order valence-corrected chi connectivity index (χ2v) is 4.19. The van der Waals surface area contributed by atoms with E-state index in [4.69, 9.17) is 0 Å². The average Bonchev–Trinajstić information content (AvgIpc) is 1.84. The summed E-state index contributed by atoms with van der Waals surface area (Å²) in [4.78, 5) is 0. The Labute approximate surface area is 111 Å². The van der Waals surface area contributed by atoms with Gasteiger partial charge in [0.25, 0.3) is 0 Å². The van der Waals surface area contributed by atoms with Crippen molar-refractivity contribution in [1.29, 1.82) is 0 Å². The summed E-state index contributed by atoms with van der Waals surface area (Å²) in [6.07, 6.45) is 0. The molecule has 0 aliphatic heterocycles. The molecule has 0 saturated heterocycles. The molecule has 0 rings (SSSR count). The van der Waals surface area contributed by atoms with Crippen molar-refractivity contribution in [1.82, 2.24) is 0 Å². The van der Waals surface area contributed by atoms with Crippen molar-refractivity contribution < 1.29 is 77.9 Å². The second-order valence-electron chi connectivity index (χ2n) is 1.87. The van der Waals surface area contributed by atoms with Crippen LogP contribution < -0.4 is 51.4 Å². The molecule has 12 heavy (non-hydrogen) atoms. The van der Waals surface area contributed by atoms with E-state index in [0.717, 1.165) is 14.2 Å². The molecule has 0 aliphatic rings. The largest absolute Gasteiger partial charge is 1.00 e. The Kier molecular flexibility index (Phi) is 8.29. The Bertz CT molecular complexity index is 167. The van der Waals surface area contributed by atoms with Crippen molar-refractivity contribution in [3.63, 3.8) is 0 Å². The summed E-state index contributed by atoms with van der Waals surface area (Å²) >= 11 is 0. The van der Waals surface area contributed by atoms with E-state index in [1.807, 2.05) is 0 Å². The van der Waals surface area contributed by atoms with Gasteiger partial charge < -0.3 is 22.0 Å². The smallest absolute Gasteiger partial charge is 0.448 e. The van der Waals surface area contributed by atoms with Crippen molar-refractivity contribution >= 4 is 14.6 Å². The molecule has 0 bridgehead atoms. The molecular formula is C3H8BF3KO3P. The maximum atomic E-state index is 11.7. The van der Waals surface area contributed by atoms with Crippen LogP contribution in [0.15, 0.2) is 0 Å². The maximum absolute atomic E-state index is 11.7. The molecule has 0 heterocycles. The first-order valence-corrected chi connectivity index (χ1v) is 4.47. The molecule has 0 aromatic carbocycles. The molecule has 0 amide bonds. The van der Waals surface area contributed by atoms with E-state index in [1.54, 1.807) is 0 Å². The van der Waals surface area contributed by atoms with E-state index < -0.39 is 20.6 Å². The Morgan fingerprint density at radius 2 is 1.58 bits per heavy atom. The van der Waals surface area contributed by atoms with Crippen molar-refractivity contribution in [3.8, 4) is 0 Å². The Morgan fingerprint density at radius 1 is 1.25 bits per heavy atom. The predicted molar refractivity (Wildman–Crippen MR) is 35.6 cm³/mol. The first-order valence-electron chi connectivity index (χ1n) is 2.74. The van der Waals surface area contributed by atoms with Gasteiger partial charge in [-0.05, 0) is 0 Å². The van der Waals surface area contributed by atoms with Gasteiger partial charge in [0.15, 0.2) is 0 Å². The minimum atomic E-state index is -5.12. The molecular weight excluding hydrogens is 222 g/mol. The molecule has 0 aromatic heterocycles. The van der Waals surface area contributed by atoms with Gasteiger partial charge in [0.2, 0.25) is 0 Å². The number of halogens is 3. The quantitative estimate of drug-likeness (QED) is 0.452. The fraction of sp³-hybridized carbons (Fsp3) is 1.00. The third kappa shape index (κ3) is 7.08. The third-order valence-electron chi connectivity index (χ3n) is 0.987. The van der Waals surface area contributed by atoms with Crippen molar-refractivity contribution in [2.45, 2.75) is 0 Å². The molecule has 0 unspecified atom stereocenters. The SMILES string of the molecule is COP(=O)(C[B-](F)(F)F)OC.[K+]. The molecule has 0 N–H and O–H groups in total. The molecule has 0 aromatic rings. The summed E-state index contributed by atoms with van der Waals surface area (Å²) in [7, 11) is -2.05. The monoisotopic (exact) mass is 230 g/mol. The van der Waals surface area contributed by atoms with Gasteiger partial charge in [0, 0.05) is 20.3 Å². The number of hydrogen-bond donors (Lipinski definition) is 0. The summed E-state index contributed by atoms with van der Waals surface area (Å²) in [5, 5.41) is 0. The van der Waals surface area contributed by atoms with Crippen LogP contribution in [0.25, 0.3) is 0 Å². The van der Waals surface area contributed by atoms with Gasteiger partial charge in [-0.25, -0.2) is 0 Å². The molecule has 0 radical (unpaired) electrons. The van der Waals surface area contributed by atoms with E-state index in [2.05, 4.69) is 9.05 Å². The van der Waals surface area contributed by atoms with Crippen LogP contribution in [-0.4, -0.2) is 27.3 Å². The van der Waals surface area contributed by atoms with Crippen LogP contribution in [0.1, 0.15) is 0 Å². The Morgan fingerprint density at radius 3 is 1.67 bits per heavy atom. The topological polar surface area (TPSA) is 35.5 Å². The maximum Gasteiger partial charge on any atom is 1.00 e. The van der Waals surface area contributed by atoms with Crippen molar-refractivity contribution in [2.75, 3.05) is 20.3 Å². The van der Waals surface area contributed by atoms with Gasteiger partial charge >= 0.3 is 66.0 Å². The summed E-state index contributed by atoms with van der Waals surface area (Å²) in [5.74, 6) is 0. The minimum Gasteiger partial charge on any atom is -0.448 e. The van der Waals surface area contributed by atoms with Crippen LogP contribution in [0.4, 0.5) is 12.9 Å². The van der Waals surface area contributed by atoms with Crippen LogP contribution in [0.3, 0.4) is 0 Å². The average molecular weight is 230 g/mol. The summed E-state index contributed by atoms with van der Waals surface area (Å²) in [5.41, 5.74) is 0. The van der Waals surface area contributed by atoms with Crippen LogP contribution in [0.2, 0.25) is 0 Å². The molecule has 9 heteroatoms. The van der Waals surface area contributed by atoms with E-state index in [9.17, 15) is 17.5 Å². The normalized spacial score (nSPS) is 12.4. The zero-order valence-electron chi connectivity index (χ0n) is 7.09. The van der Waals surface area contributed by atoms with Crippen LogP contribution >= 0.6 is 7.60 Å². The van der Waals surface area contributed by atoms with Crippen LogP contribution in [-0.2, 0) is 13.6 Å². The predicted octanol–water partition coefficient (Wildman–Crippen LogP) is -1.14. The van der Waals surface area contributed by atoms with Gasteiger partial charge in [0.1, 0.15) is 0 Å². The van der Waals surface area contributed by atoms with E-state index in [-0.39, 0.29) is 51.4 Å². The fourth-order valence-electron chi connectivity index (χ4n) is 0.477. The first-order chi connectivity index (χ1) is 4.83. The molecule has 0 fully saturated rings. The Balaban J connectivity index is 0.